The van der Waals surface area contributed by atoms with Crippen molar-refractivity contribution in [2.24, 2.45) is 0 Å². The molecule has 39 heavy (non-hydrogen) atoms. The number of aromatic carboxylic acids is 1. The van der Waals surface area contributed by atoms with E-state index in [4.69, 9.17) is 16.3 Å². The number of aromatic nitrogens is 1. The molecule has 1 aliphatic heterocycles. The van der Waals surface area contributed by atoms with Crippen LogP contribution in [0.3, 0.4) is 0 Å². The predicted molar refractivity (Wildman–Crippen MR) is 156 cm³/mol. The number of hydrogen-bond acceptors (Lipinski definition) is 4. The number of halogens is 1. The summed E-state index contributed by atoms with van der Waals surface area (Å²) in [5.41, 5.74) is 5.78. The van der Waals surface area contributed by atoms with Gasteiger partial charge in [0.2, 0.25) is 0 Å². The number of nitrogens with zero attached hydrogens (tertiary/aromatic N) is 2. The number of carboxylic acid groups (broad SMARTS) is 1. The van der Waals surface area contributed by atoms with Gasteiger partial charge in [0.05, 0.1) is 0 Å². The Bertz CT molecular complexity index is 1620. The first-order valence-corrected chi connectivity index (χ1v) is 13.3. The Hall–Kier alpha value is -4.26. The summed E-state index contributed by atoms with van der Waals surface area (Å²) in [6, 6.07) is 29.5. The van der Waals surface area contributed by atoms with Crippen molar-refractivity contribution in [2.45, 2.75) is 6.54 Å². The van der Waals surface area contributed by atoms with Crippen LogP contribution < -0.4 is 9.64 Å². The first-order chi connectivity index (χ1) is 19.0. The van der Waals surface area contributed by atoms with Crippen LogP contribution in [-0.2, 0) is 6.54 Å². The molecule has 1 saturated heterocycles. The minimum atomic E-state index is -1.01. The molecule has 0 amide bonds. The zero-order valence-electron chi connectivity index (χ0n) is 21.3. The van der Waals surface area contributed by atoms with Crippen LogP contribution in [0.15, 0.2) is 97.2 Å². The van der Waals surface area contributed by atoms with E-state index in [2.05, 4.69) is 51.2 Å². The fourth-order valence-electron chi connectivity index (χ4n) is 5.17. The number of benzene rings is 4. The van der Waals surface area contributed by atoms with Gasteiger partial charge in [0.25, 0.3) is 0 Å². The quantitative estimate of drug-likeness (QED) is 0.228. The van der Waals surface area contributed by atoms with Crippen LogP contribution >= 0.6 is 11.6 Å². The number of carboxylic acids is 1. The molecule has 1 aromatic heterocycles. The predicted octanol–water partition coefficient (Wildman–Crippen LogP) is 7.30. The largest absolute Gasteiger partial charge is 0.478 e. The Morgan fingerprint density at radius 1 is 0.897 bits per heavy atom. The van der Waals surface area contributed by atoms with Crippen LogP contribution in [0.5, 0.6) is 11.5 Å². The van der Waals surface area contributed by atoms with Crippen molar-refractivity contribution < 1.29 is 14.6 Å². The number of anilines is 1. The molecule has 0 atom stereocenters. The second-order valence-corrected chi connectivity index (χ2v) is 10.2. The summed E-state index contributed by atoms with van der Waals surface area (Å²) in [5, 5.41) is 11.5. The van der Waals surface area contributed by atoms with Crippen molar-refractivity contribution in [1.82, 2.24) is 9.88 Å². The number of rotatable bonds is 7. The number of piperazine rings is 1. The molecule has 7 heteroatoms. The van der Waals surface area contributed by atoms with Crippen molar-refractivity contribution in [3.8, 4) is 22.6 Å². The molecule has 0 spiro atoms. The van der Waals surface area contributed by atoms with Gasteiger partial charge in [-0.2, -0.15) is 0 Å². The highest BCUT2D eigenvalue weighted by Gasteiger charge is 2.21. The first kappa shape index (κ1) is 25.0. The topological polar surface area (TPSA) is 68.8 Å². The van der Waals surface area contributed by atoms with Gasteiger partial charge in [0.15, 0.2) is 0 Å². The fourth-order valence-corrected chi connectivity index (χ4v) is 5.29. The summed E-state index contributed by atoms with van der Waals surface area (Å²) in [5.74, 6) is -0.0661. The molecular formula is C32H28ClN3O3. The zero-order chi connectivity index (χ0) is 26.8. The molecule has 0 unspecified atom stereocenters. The highest BCUT2D eigenvalue weighted by Crippen LogP contribution is 2.33. The normalized spacial score (nSPS) is 14.0. The maximum atomic E-state index is 11.9. The van der Waals surface area contributed by atoms with E-state index in [1.54, 1.807) is 6.07 Å². The van der Waals surface area contributed by atoms with Crippen LogP contribution in [0.25, 0.3) is 22.0 Å². The maximum Gasteiger partial charge on any atom is 0.339 e. The second kappa shape index (κ2) is 10.8. The van der Waals surface area contributed by atoms with Crippen molar-refractivity contribution in [3.63, 3.8) is 0 Å². The summed E-state index contributed by atoms with van der Waals surface area (Å²) < 4.78 is 6.10. The van der Waals surface area contributed by atoms with Crippen LogP contribution in [0, 0.1) is 0 Å². The summed E-state index contributed by atoms with van der Waals surface area (Å²) in [6.07, 6.45) is 1.87. The lowest BCUT2D eigenvalue weighted by atomic mass is 9.99. The van der Waals surface area contributed by atoms with Gasteiger partial charge in [-0.1, -0.05) is 48.0 Å². The van der Waals surface area contributed by atoms with Crippen molar-refractivity contribution >= 4 is 34.2 Å². The van der Waals surface area contributed by atoms with Crippen molar-refractivity contribution in [3.05, 3.63) is 113 Å². The van der Waals surface area contributed by atoms with Gasteiger partial charge in [-0.15, -0.1) is 0 Å². The molecule has 2 heterocycles. The summed E-state index contributed by atoms with van der Waals surface area (Å²) in [4.78, 5) is 19.8. The molecule has 0 saturated carbocycles. The molecule has 6 rings (SSSR count). The van der Waals surface area contributed by atoms with Crippen molar-refractivity contribution in [1.29, 1.82) is 0 Å². The van der Waals surface area contributed by atoms with E-state index >= 15 is 0 Å². The molecule has 5 aromatic rings. The molecule has 0 radical (unpaired) electrons. The lowest BCUT2D eigenvalue weighted by Crippen LogP contribution is -2.46. The van der Waals surface area contributed by atoms with Crippen LogP contribution in [-0.4, -0.2) is 47.1 Å². The summed E-state index contributed by atoms with van der Waals surface area (Å²) in [7, 11) is 0. The highest BCUT2D eigenvalue weighted by atomic mass is 35.5. The minimum Gasteiger partial charge on any atom is -0.478 e. The zero-order valence-corrected chi connectivity index (χ0v) is 22.1. The summed E-state index contributed by atoms with van der Waals surface area (Å²) in [6.45, 7) is 4.33. The van der Waals surface area contributed by atoms with Gasteiger partial charge in [-0.05, 0) is 65.2 Å². The number of ether oxygens (including phenoxy) is 1. The maximum absolute atomic E-state index is 11.9. The van der Waals surface area contributed by atoms with E-state index in [0.29, 0.717) is 11.5 Å². The molecular weight excluding hydrogens is 510 g/mol. The third-order valence-corrected chi connectivity index (χ3v) is 7.50. The number of fused-ring (bicyclic) bond motifs is 1. The van der Waals surface area contributed by atoms with Gasteiger partial charge in [-0.25, -0.2) is 4.79 Å². The Morgan fingerprint density at radius 3 is 2.49 bits per heavy atom. The minimum absolute atomic E-state index is 0.144. The third kappa shape index (κ3) is 5.48. The van der Waals surface area contributed by atoms with Crippen LogP contribution in [0.1, 0.15) is 15.9 Å². The van der Waals surface area contributed by atoms with Crippen LogP contribution in [0.2, 0.25) is 5.02 Å². The average Bonchev–Trinajstić information content (AvgIpc) is 3.42. The van der Waals surface area contributed by atoms with Gasteiger partial charge < -0.3 is 19.7 Å². The Balaban J connectivity index is 1.16. The third-order valence-electron chi connectivity index (χ3n) is 7.25. The van der Waals surface area contributed by atoms with Gasteiger partial charge in [-0.3, -0.25) is 4.90 Å². The molecule has 0 aliphatic carbocycles. The number of carbonyl (C=O) groups is 1. The van der Waals surface area contributed by atoms with E-state index < -0.39 is 5.97 Å². The average molecular weight is 538 g/mol. The Morgan fingerprint density at radius 2 is 1.69 bits per heavy atom. The monoisotopic (exact) mass is 537 g/mol. The SMILES string of the molecule is O=C(O)c1ccc(N2CCN(Cc3ccccc3-c3ccc(Cl)cc3)CC2)cc1Oc1ccc2[nH]ccc2c1. The smallest absolute Gasteiger partial charge is 0.339 e. The standard InChI is InChI=1S/C32H28ClN3O3/c33-25-7-5-22(6-8-25)28-4-2-1-3-24(28)21-35-15-17-36(18-16-35)26-9-11-29(32(37)38)31(20-26)39-27-10-12-30-23(19-27)13-14-34-30/h1-14,19-20,34H,15-18,21H2,(H,37,38). The van der Waals surface area contributed by atoms with E-state index in [1.807, 2.05) is 54.7 Å². The van der Waals surface area contributed by atoms with Gasteiger partial charge in [0, 0.05) is 66.6 Å². The fraction of sp³-hybridized carbons (Fsp3) is 0.156. The Labute approximate surface area is 232 Å². The molecule has 1 fully saturated rings. The van der Waals surface area contributed by atoms with Gasteiger partial charge >= 0.3 is 5.97 Å². The van der Waals surface area contributed by atoms with E-state index in [9.17, 15) is 9.90 Å². The van der Waals surface area contributed by atoms with Crippen molar-refractivity contribution in [2.75, 3.05) is 31.1 Å². The molecule has 4 aromatic carbocycles. The first-order valence-electron chi connectivity index (χ1n) is 13.0. The molecule has 2 N–H and O–H groups in total. The number of hydrogen-bond donors (Lipinski definition) is 2. The number of aromatic amines is 1. The second-order valence-electron chi connectivity index (χ2n) is 9.74. The highest BCUT2D eigenvalue weighted by molar-refractivity contribution is 6.30. The molecule has 1 aliphatic rings. The Kier molecular flexibility index (Phi) is 6.97. The lowest BCUT2D eigenvalue weighted by molar-refractivity contribution is 0.0694. The molecule has 0 bridgehead atoms. The molecule has 196 valence electrons. The van der Waals surface area contributed by atoms with Gasteiger partial charge in [0.1, 0.15) is 17.1 Å². The number of nitrogens with one attached hydrogen (secondary N) is 1. The lowest BCUT2D eigenvalue weighted by Gasteiger charge is -2.36. The molecule has 6 nitrogen and oxygen atoms in total. The summed E-state index contributed by atoms with van der Waals surface area (Å²) >= 11 is 6.10. The van der Waals surface area contributed by atoms with E-state index in [-0.39, 0.29) is 5.56 Å². The number of H-pyrrole nitrogens is 1. The van der Waals surface area contributed by atoms with E-state index in [1.165, 1.54) is 11.1 Å². The van der Waals surface area contributed by atoms with E-state index in [0.717, 1.165) is 59.9 Å². The van der Waals surface area contributed by atoms with Crippen LogP contribution in [0.4, 0.5) is 5.69 Å².